The lowest BCUT2D eigenvalue weighted by atomic mass is 8.68. The first-order chi connectivity index (χ1) is 68.9. The minimum atomic E-state index is -1.07. The Morgan fingerprint density at radius 1 is 0.379 bits per heavy atom. The molecule has 42 heteroatoms. The van der Waals surface area contributed by atoms with Gasteiger partial charge < -0.3 is 59.7 Å². The second-order valence-corrected chi connectivity index (χ2v) is 34.0. The van der Waals surface area contributed by atoms with Crippen LogP contribution in [-0.4, -0.2) is 253 Å². The van der Waals surface area contributed by atoms with Crippen molar-refractivity contribution in [1.29, 1.82) is 0 Å². The minimum Gasteiger partial charge on any atom is -0.370 e. The van der Waals surface area contributed by atoms with Gasteiger partial charge in [-0.05, 0) is 148 Å². The van der Waals surface area contributed by atoms with Crippen LogP contribution in [0.3, 0.4) is 0 Å². The van der Waals surface area contributed by atoms with Crippen molar-refractivity contribution in [2.24, 2.45) is 46.8 Å². The van der Waals surface area contributed by atoms with E-state index in [1.165, 1.54) is 0 Å². The predicted molar refractivity (Wildman–Crippen MR) is 586 cm³/mol. The zero-order chi connectivity index (χ0) is 109. The summed E-state index contributed by atoms with van der Waals surface area (Å²) in [5.74, 6) is 6.69. The average molecular weight is 1890 g/mol. The lowest BCUT2D eigenvalue weighted by molar-refractivity contribution is -0.134. The van der Waals surface area contributed by atoms with E-state index in [2.05, 4.69) is 84.0 Å². The van der Waals surface area contributed by atoms with Gasteiger partial charge in [-0.15, -0.1) is 19.3 Å². The third-order valence-electron chi connectivity index (χ3n) is 23.0. The fourth-order valence-corrected chi connectivity index (χ4v) is 15.0. The van der Waals surface area contributed by atoms with Crippen molar-refractivity contribution in [1.82, 2.24) is 42.5 Å². The van der Waals surface area contributed by atoms with Crippen LogP contribution in [0.15, 0.2) is 133 Å². The fraction of sp³-hybridized carbons (Fsp3) is 0.459. The number of benzene rings is 4. The molecule has 724 valence electrons. The normalized spacial score (nSPS) is 19.7. The number of amides is 11. The monoisotopic (exact) mass is 1900 g/mol. The Hall–Kier alpha value is -12.0. The molecule has 8 atom stereocenters. The van der Waals surface area contributed by atoms with Crippen molar-refractivity contribution < 1.29 is 86.6 Å². The second kappa shape index (κ2) is 71.5. The smallest absolute Gasteiger partial charge is 0.244 e. The Morgan fingerprint density at radius 3 is 1.01 bits per heavy atom. The van der Waals surface area contributed by atoms with Crippen molar-refractivity contribution in [3.63, 3.8) is 0 Å². The number of primary amides is 3. The first-order valence-corrected chi connectivity index (χ1v) is 45.8. The number of nitrogens with two attached hydrogens (primary N) is 3. The van der Waals surface area contributed by atoms with E-state index in [1.54, 1.807) is 104 Å². The van der Waals surface area contributed by atoms with Gasteiger partial charge in [-0.25, -0.2) is 0 Å². The topological polar surface area (TPSA) is 430 Å². The van der Waals surface area contributed by atoms with Crippen molar-refractivity contribution in [3.05, 3.63) is 167 Å². The largest absolute Gasteiger partial charge is 0.370 e. The van der Waals surface area contributed by atoms with E-state index in [9.17, 15) is 71.9 Å². The van der Waals surface area contributed by atoms with E-state index in [1.807, 2.05) is 12.1 Å². The van der Waals surface area contributed by atoms with Crippen LogP contribution in [0.25, 0.3) is 0 Å². The van der Waals surface area contributed by atoms with Gasteiger partial charge in [-0.1, -0.05) is 222 Å². The number of hydrogen-bond acceptors (Lipinski definition) is 15. The first kappa shape index (κ1) is 120. The number of nitrogens with one attached hydrogen (secondary N) is 8. The van der Waals surface area contributed by atoms with E-state index < -0.39 is 163 Å². The molecule has 20 radical (unpaired) electrons. The maximum Gasteiger partial charge on any atom is 0.244 e. The van der Waals surface area contributed by atoms with E-state index in [0.29, 0.717) is 78.7 Å². The molecule has 0 spiro atoms. The summed E-state index contributed by atoms with van der Waals surface area (Å²) in [4.78, 5) is 197. The third kappa shape index (κ3) is 51.8. The molecule has 9 rings (SSSR count). The molecule has 2 aliphatic heterocycles. The predicted octanol–water partition coefficient (Wildman–Crippen LogP) is 4.50. The van der Waals surface area contributed by atoms with Gasteiger partial charge in [-0.3, -0.25) is 71.9 Å². The summed E-state index contributed by atoms with van der Waals surface area (Å²) in [5.41, 5.74) is 19.8. The molecule has 3 saturated carbocycles. The maximum absolute atomic E-state index is 14.2. The lowest BCUT2D eigenvalue weighted by Gasteiger charge is -2.29. The molecular formula is C98H139B16N11O15. The van der Waals surface area contributed by atoms with Gasteiger partial charge in [0.05, 0.1) is 0 Å². The molecule has 11 amide bonds. The quantitative estimate of drug-likeness (QED) is 0.0277. The highest BCUT2D eigenvalue weighted by molar-refractivity contribution is 7.90. The van der Waals surface area contributed by atoms with Crippen LogP contribution in [-0.2, 0) is 75.2 Å². The van der Waals surface area contributed by atoms with Gasteiger partial charge in [0.25, 0.3) is 0 Å². The average Bonchev–Trinajstić information content (AvgIpc) is 1.84. The van der Waals surface area contributed by atoms with Gasteiger partial charge in [0.2, 0.25) is 65.0 Å². The summed E-state index contributed by atoms with van der Waals surface area (Å²) in [6.45, 7) is 2.13. The summed E-state index contributed by atoms with van der Waals surface area (Å²) in [6.07, 6.45) is 29.1. The number of carbonyl (C=O) groups is 15. The zero-order valence-electron chi connectivity index (χ0n) is 85.4. The van der Waals surface area contributed by atoms with Crippen molar-refractivity contribution in [2.75, 3.05) is 13.1 Å². The second-order valence-electron chi connectivity index (χ2n) is 34.0. The summed E-state index contributed by atoms with van der Waals surface area (Å²) in [5, 5.41) is 22.4. The van der Waals surface area contributed by atoms with E-state index in [4.69, 9.17) is 126 Å². The Labute approximate surface area is 862 Å². The van der Waals surface area contributed by atoms with Crippen molar-refractivity contribution in [2.45, 2.75) is 246 Å². The molecule has 0 aromatic heterocycles. The van der Waals surface area contributed by atoms with Crippen LogP contribution in [0.5, 0.6) is 0 Å². The molecule has 26 nitrogen and oxygen atoms in total. The zero-order valence-corrected chi connectivity index (χ0v) is 77.4. The Bertz CT molecular complexity index is 4950. The fourth-order valence-electron chi connectivity index (χ4n) is 15.0. The van der Waals surface area contributed by atoms with E-state index >= 15 is 0 Å². The number of carbonyl (C=O) groups excluding carboxylic acids is 15. The maximum atomic E-state index is 14.2. The molecule has 4 aromatic carbocycles. The molecule has 5 aliphatic rings. The molecule has 2 unspecified atom stereocenters. The summed E-state index contributed by atoms with van der Waals surface area (Å²) in [6, 6.07) is 25.4. The van der Waals surface area contributed by atoms with Gasteiger partial charge in [0, 0.05) is 222 Å². The Kier molecular flexibility index (Phi) is 61.4. The molecular weight excluding hydrogens is 1740 g/mol. The van der Waals surface area contributed by atoms with Crippen LogP contribution >= 0.6 is 0 Å². The van der Waals surface area contributed by atoms with Crippen molar-refractivity contribution >= 4 is 204 Å². The summed E-state index contributed by atoms with van der Waals surface area (Å²) >= 11 is 0. The molecule has 3 aliphatic carbocycles. The Balaban J connectivity index is -0.000000401. The molecule has 14 N–H and O–H groups in total. The Morgan fingerprint density at radius 2 is 0.700 bits per heavy atom. The van der Waals surface area contributed by atoms with Crippen LogP contribution in [0.4, 0.5) is 0 Å². The van der Waals surface area contributed by atoms with E-state index in [-0.39, 0.29) is 120 Å². The van der Waals surface area contributed by atoms with Crippen LogP contribution in [0.2, 0.25) is 0 Å². The van der Waals surface area contributed by atoms with Crippen LogP contribution < -0.4 is 59.7 Å². The summed E-state index contributed by atoms with van der Waals surface area (Å²) in [7, 11) is 51.6. The van der Waals surface area contributed by atoms with Crippen molar-refractivity contribution in [3.8, 4) is 60.7 Å². The van der Waals surface area contributed by atoms with Gasteiger partial charge in [0.15, 0.2) is 23.1 Å². The number of ketones is 4. The standard InChI is InChI=1S/C42H53N5O7.C41H52N6O8.C6H2.C5H4.4CH4.2B8.6H2/c43-39(51)34-13-7-8-22-44-41(53)35(25-29-16-18-31(19-17-29)38(50)30-11-5-2-6-12-30)47-42(54)36(24-27-9-3-1-4-10-27)46-40(52)32(23-28-14-15-28)26-33(48)20-21-37(49)45-34;42-35(49)20-18-30-25-31(48)19-21-36(50)45-32(38(43)52)13-7-8-22-44-40(54)33(47-41(55)34(46-39(30)53)23-26-9-3-1-4-10-26)24-27-14-16-29(17-15-27)37(51)28-11-5-2-6-12-28;1-3-5-6-4-2;1-3-5-4-2;;;;;2*1-6(2)8(5)7(3)4;;;;;;/h2,5-6,11-12,16-21,27-28,32,34-36H,1,3-4,7-10,13-15,22-26H2,(H2,43,51)(H,44,53)(H,45,49)(H,46,52)(H,47,54);2,5-6,11-12,14-17,19,21,26,30,32-34H,1,3-4,7-10,13,18,20,22-25H2,(H2,42,49)(H2,43,52)(H,44,54)(H,45,50)(H,46,53)(H,47,55);1-2H;1H,2H3;4*1H4;;;6*1H/t32-,34+,35?,36+;30-,32+,33?,34+;;;;;;;;;;;;;;/m11............../s1/i;;;;;;;;;;4*1+1D;2*1+1. The van der Waals surface area contributed by atoms with Crippen LogP contribution in [0, 0.1) is 90.3 Å². The highest BCUT2D eigenvalue weighted by Gasteiger charge is 2.37. The van der Waals surface area contributed by atoms with Gasteiger partial charge >= 0.3 is 0 Å². The number of hydrogen-bond donors (Lipinski definition) is 11. The lowest BCUT2D eigenvalue weighted by Crippen LogP contribution is -2.55. The third-order valence-corrected chi connectivity index (χ3v) is 23.0. The van der Waals surface area contributed by atoms with Gasteiger partial charge in [-0.2, -0.15) is 0 Å². The molecule has 0 bridgehead atoms. The highest BCUT2D eigenvalue weighted by Crippen LogP contribution is 2.37. The SMILES string of the molecule is C.C.C.C.C#CC#CC.C#CC#CC#C.NC(=O)CC[C@@H]1CC(=O)C=CC(=O)N[C@H](C(N)=O)CCCCNC(=O)C(Cc2ccc(C(=O)c3ccccc3)cc2)NC(=O)[C@H](CC2CCCCC2)NC1=O.NC(=O)[C@@H]1CCCCNC(=O)C(Cc2ccc(C(=O)c3ccccc3)cc2)NC(=O)[C@H](CC2CCCCC2)NC(=O)[C@H](CC2CC2)CC(=O)C=CC(=O)N1.[2HH].[2HH].[2H][2H].[2H][2H].[2H][2H].[2H][2H].[B]B([B])B([B])B([B])[B].[B]B([B])B([B])B([B])[B]. The van der Waals surface area contributed by atoms with Gasteiger partial charge in [0.1, 0.15) is 36.3 Å². The first-order valence-electron chi connectivity index (χ1n) is 49.8. The molecule has 0 saturated heterocycles. The highest BCUT2D eigenvalue weighted by atomic mass is 16.2. The molecule has 140 heavy (non-hydrogen) atoms. The molecule has 3 fully saturated rings. The molecule has 4 aromatic rings. The minimum absolute atomic E-state index is 0. The van der Waals surface area contributed by atoms with E-state index in [0.717, 1.165) is 107 Å². The number of rotatable bonds is 23. The number of terminal acetylenes is 3. The number of allylic oxidation sites excluding steroid dienone is 2. The summed E-state index contributed by atoms with van der Waals surface area (Å²) < 4.78 is 40.0. The van der Waals surface area contributed by atoms with Crippen LogP contribution in [0.1, 0.15) is 255 Å². The molecule has 2 heterocycles.